The van der Waals surface area contributed by atoms with Gasteiger partial charge in [0.1, 0.15) is 23.2 Å². The van der Waals surface area contributed by atoms with Gasteiger partial charge in [-0.05, 0) is 66.9 Å². The Balaban J connectivity index is 1.68. The Hall–Kier alpha value is -4.54. The first-order valence-electron chi connectivity index (χ1n) is 12.8. The van der Waals surface area contributed by atoms with Gasteiger partial charge in [-0.2, -0.15) is 5.26 Å². The van der Waals surface area contributed by atoms with E-state index in [1.165, 1.54) is 0 Å². The number of fused-ring (bicyclic) bond motifs is 3. The summed E-state index contributed by atoms with van der Waals surface area (Å²) in [6.07, 6.45) is 1.59. The largest absolute Gasteiger partial charge is 0.440 e. The van der Waals surface area contributed by atoms with Crippen molar-refractivity contribution in [1.29, 1.82) is 5.26 Å². The Morgan fingerprint density at radius 2 is 1.97 bits per heavy atom. The molecule has 0 fully saturated rings. The Labute approximate surface area is 230 Å². The number of benzene rings is 3. The van der Waals surface area contributed by atoms with E-state index in [2.05, 4.69) is 18.0 Å². The number of H-pyrrole nitrogens is 1. The lowest BCUT2D eigenvalue weighted by Gasteiger charge is -2.29. The lowest BCUT2D eigenvalue weighted by Crippen LogP contribution is -2.23. The number of halogens is 1. The van der Waals surface area contributed by atoms with Crippen LogP contribution < -0.4 is 16.0 Å². The Kier molecular flexibility index (Phi) is 5.93. The minimum absolute atomic E-state index is 0.0899. The highest BCUT2D eigenvalue weighted by Crippen LogP contribution is 2.48. The smallest absolute Gasteiger partial charge is 0.261 e. The molecule has 1 atom stereocenters. The molecule has 3 N–H and O–H groups in total. The molecule has 0 bridgehead atoms. The van der Waals surface area contributed by atoms with Gasteiger partial charge >= 0.3 is 0 Å². The maximum absolute atomic E-state index is 13.3. The summed E-state index contributed by atoms with van der Waals surface area (Å²) in [6, 6.07) is 19.3. The van der Waals surface area contributed by atoms with Crippen LogP contribution in [0.5, 0.6) is 5.75 Å². The van der Waals surface area contributed by atoms with Gasteiger partial charge in [0.05, 0.1) is 16.8 Å². The van der Waals surface area contributed by atoms with Gasteiger partial charge in [-0.25, -0.2) is 4.98 Å². The molecule has 6 rings (SSSR count). The molecule has 194 valence electrons. The van der Waals surface area contributed by atoms with Crippen molar-refractivity contribution in [2.45, 2.75) is 32.6 Å². The molecule has 0 spiro atoms. The molecule has 7 nitrogen and oxygen atoms in total. The summed E-state index contributed by atoms with van der Waals surface area (Å²) in [4.78, 5) is 21.6. The summed E-state index contributed by atoms with van der Waals surface area (Å²) < 4.78 is 7.72. The Morgan fingerprint density at radius 1 is 1.18 bits per heavy atom. The molecule has 0 radical (unpaired) electrons. The van der Waals surface area contributed by atoms with Gasteiger partial charge < -0.3 is 15.5 Å². The van der Waals surface area contributed by atoms with Crippen molar-refractivity contribution in [2.75, 3.05) is 0 Å². The number of allylic oxidation sites excluding steroid dienone is 1. The number of aryl methyl sites for hydroxylation is 2. The van der Waals surface area contributed by atoms with Crippen LogP contribution in [0.4, 0.5) is 0 Å². The van der Waals surface area contributed by atoms with Crippen LogP contribution >= 0.6 is 11.6 Å². The van der Waals surface area contributed by atoms with E-state index in [0.29, 0.717) is 33.1 Å². The third-order valence-corrected chi connectivity index (χ3v) is 7.67. The average molecular weight is 536 g/mol. The molecule has 39 heavy (non-hydrogen) atoms. The molecule has 3 aromatic carbocycles. The Morgan fingerprint density at radius 3 is 2.74 bits per heavy atom. The van der Waals surface area contributed by atoms with Crippen molar-refractivity contribution in [3.63, 3.8) is 0 Å². The van der Waals surface area contributed by atoms with E-state index in [0.717, 1.165) is 51.7 Å². The van der Waals surface area contributed by atoms with E-state index in [4.69, 9.17) is 27.1 Å². The topological polar surface area (TPSA) is 110 Å². The lowest BCUT2D eigenvalue weighted by molar-refractivity contribution is 0.389. The quantitative estimate of drug-likeness (QED) is 0.284. The fourth-order valence-electron chi connectivity index (χ4n) is 5.69. The van der Waals surface area contributed by atoms with Crippen LogP contribution in [0.2, 0.25) is 5.02 Å². The van der Waals surface area contributed by atoms with Gasteiger partial charge in [-0.15, -0.1) is 0 Å². The summed E-state index contributed by atoms with van der Waals surface area (Å²) in [5, 5.41) is 12.3. The summed E-state index contributed by atoms with van der Waals surface area (Å²) in [5.41, 5.74) is 12.5. The second kappa shape index (κ2) is 9.33. The fraction of sp³-hybridized carbons (Fsp3) is 0.194. The number of rotatable bonds is 4. The summed E-state index contributed by atoms with van der Waals surface area (Å²) in [7, 11) is 1.73. The minimum Gasteiger partial charge on any atom is -0.440 e. The number of aromatic amines is 1. The van der Waals surface area contributed by atoms with Crippen molar-refractivity contribution >= 4 is 33.4 Å². The number of aromatic nitrogens is 3. The maximum atomic E-state index is 13.3. The van der Waals surface area contributed by atoms with Gasteiger partial charge in [0.25, 0.3) is 5.56 Å². The van der Waals surface area contributed by atoms with E-state index in [1.807, 2.05) is 55.5 Å². The zero-order valence-corrected chi connectivity index (χ0v) is 22.6. The summed E-state index contributed by atoms with van der Waals surface area (Å²) >= 11 is 6.41. The molecule has 0 amide bonds. The molecule has 8 heteroatoms. The minimum atomic E-state index is -0.501. The van der Waals surface area contributed by atoms with E-state index in [-0.39, 0.29) is 11.4 Å². The van der Waals surface area contributed by atoms with Crippen molar-refractivity contribution in [3.8, 4) is 23.2 Å². The molecule has 1 aliphatic heterocycles. The van der Waals surface area contributed by atoms with E-state index in [9.17, 15) is 10.1 Å². The fourth-order valence-corrected chi connectivity index (χ4v) is 5.86. The molecule has 3 heterocycles. The third-order valence-electron chi connectivity index (χ3n) is 7.44. The van der Waals surface area contributed by atoms with Crippen molar-refractivity contribution < 1.29 is 4.74 Å². The molecule has 5 aromatic rings. The second-order valence-electron chi connectivity index (χ2n) is 9.90. The van der Waals surface area contributed by atoms with Crippen LogP contribution in [0.1, 0.15) is 41.6 Å². The molecule has 0 saturated carbocycles. The summed E-state index contributed by atoms with van der Waals surface area (Å²) in [6.45, 7) is 4.07. The molecule has 0 saturated heterocycles. The summed E-state index contributed by atoms with van der Waals surface area (Å²) in [5.74, 6) is 0.770. The number of ether oxygens (including phenoxy) is 1. The molecular formula is C31H26ClN5O2. The number of hydrogen-bond donors (Lipinski definition) is 2. The van der Waals surface area contributed by atoms with Gasteiger partial charge in [0.2, 0.25) is 5.88 Å². The van der Waals surface area contributed by atoms with Crippen LogP contribution in [0, 0.1) is 18.3 Å². The van der Waals surface area contributed by atoms with Gasteiger partial charge in [-0.1, -0.05) is 37.1 Å². The number of nitrogens with two attached hydrogens (primary N) is 1. The van der Waals surface area contributed by atoms with Crippen LogP contribution in [0.15, 0.2) is 70.8 Å². The highest BCUT2D eigenvalue weighted by molar-refractivity contribution is 6.31. The highest BCUT2D eigenvalue weighted by atomic mass is 35.5. The zero-order chi connectivity index (χ0) is 27.4. The Bertz CT molecular complexity index is 1940. The maximum Gasteiger partial charge on any atom is 0.261 e. The third kappa shape index (κ3) is 3.87. The predicted molar refractivity (Wildman–Crippen MR) is 154 cm³/mol. The van der Waals surface area contributed by atoms with Crippen LogP contribution in [0.25, 0.3) is 33.2 Å². The van der Waals surface area contributed by atoms with Crippen molar-refractivity contribution in [2.24, 2.45) is 12.8 Å². The predicted octanol–water partition coefficient (Wildman–Crippen LogP) is 6.21. The van der Waals surface area contributed by atoms with Gasteiger partial charge in [-0.3, -0.25) is 9.36 Å². The van der Waals surface area contributed by atoms with Gasteiger partial charge in [0, 0.05) is 39.8 Å². The average Bonchev–Trinajstić information content (AvgIpc) is 3.24. The van der Waals surface area contributed by atoms with E-state index in [1.54, 1.807) is 17.7 Å². The molecule has 0 aliphatic carbocycles. The lowest BCUT2D eigenvalue weighted by atomic mass is 9.80. The first-order chi connectivity index (χ1) is 18.8. The van der Waals surface area contributed by atoms with E-state index >= 15 is 0 Å². The standard InChI is InChI=1S/C31H26ClN5O2/c1-4-7-17-12-18(30-36-24-9-6-5-8-20(24)31(38)37(30)3)13-22-27(23(15-33)29(34)39-28(17)22)26-16(2)35-25-11-10-19(32)14-21(25)26/h5-6,8-14,27,35H,4,7,34H2,1-3H3. The number of hydrogen-bond acceptors (Lipinski definition) is 5. The first-order valence-corrected chi connectivity index (χ1v) is 13.2. The SMILES string of the molecule is CCCc1cc(-c2nc3ccccc3c(=O)n2C)cc2c1OC(N)=C(C#N)C2c1c(C)[nH]c2ccc(Cl)cc12. The first kappa shape index (κ1) is 24.8. The molecular weight excluding hydrogens is 510 g/mol. The van der Waals surface area contributed by atoms with Gasteiger partial charge in [0.15, 0.2) is 0 Å². The van der Waals surface area contributed by atoms with Crippen LogP contribution in [-0.4, -0.2) is 14.5 Å². The number of para-hydroxylation sites is 1. The molecule has 1 aliphatic rings. The molecule has 2 aromatic heterocycles. The second-order valence-corrected chi connectivity index (χ2v) is 10.3. The highest BCUT2D eigenvalue weighted by Gasteiger charge is 2.35. The number of nitrogens with zero attached hydrogens (tertiary/aromatic N) is 3. The zero-order valence-electron chi connectivity index (χ0n) is 21.8. The van der Waals surface area contributed by atoms with Crippen LogP contribution in [0.3, 0.4) is 0 Å². The van der Waals surface area contributed by atoms with Crippen LogP contribution in [-0.2, 0) is 13.5 Å². The normalized spacial score (nSPS) is 14.9. The van der Waals surface area contributed by atoms with Crippen molar-refractivity contribution in [1.82, 2.24) is 14.5 Å². The van der Waals surface area contributed by atoms with Crippen molar-refractivity contribution in [3.05, 3.63) is 104 Å². The monoisotopic (exact) mass is 535 g/mol. The van der Waals surface area contributed by atoms with E-state index < -0.39 is 5.92 Å². The number of nitrogens with one attached hydrogen (secondary N) is 1. The molecule has 1 unspecified atom stereocenters. The number of nitriles is 1.